The first-order chi connectivity index (χ1) is 48.6. The first kappa shape index (κ1) is 99.1. The van der Waals surface area contributed by atoms with Gasteiger partial charge in [-0.1, -0.05) is 370 Å². The molecule has 0 heterocycles. The maximum atomic E-state index is 13.1. The van der Waals surface area contributed by atoms with E-state index in [0.29, 0.717) is 31.6 Å². The number of hydrogen-bond acceptors (Lipinski definition) is 15. The highest BCUT2D eigenvalue weighted by Crippen LogP contribution is 2.45. The molecular formula is C82H160O17P2. The molecular weight excluding hydrogens is 1320 g/mol. The Labute approximate surface area is 619 Å². The van der Waals surface area contributed by atoms with Gasteiger partial charge in [0.05, 0.1) is 26.4 Å². The number of carbonyl (C=O) groups is 4. The lowest BCUT2D eigenvalue weighted by Crippen LogP contribution is -2.30. The summed E-state index contributed by atoms with van der Waals surface area (Å²) >= 11 is 0. The summed E-state index contributed by atoms with van der Waals surface area (Å²) in [5.74, 6) is 0.938. The molecule has 0 aromatic carbocycles. The molecule has 0 aliphatic rings. The number of phosphoric ester groups is 2. The average Bonchev–Trinajstić information content (AvgIpc) is 0.933. The Balaban J connectivity index is 5.20. The van der Waals surface area contributed by atoms with Crippen molar-refractivity contribution in [2.75, 3.05) is 39.6 Å². The summed E-state index contributed by atoms with van der Waals surface area (Å²) in [7, 11) is -9.92. The number of phosphoric acid groups is 2. The fraction of sp³-hybridized carbons (Fsp3) is 0.951. The van der Waals surface area contributed by atoms with Crippen molar-refractivity contribution in [1.82, 2.24) is 0 Å². The van der Waals surface area contributed by atoms with Crippen LogP contribution >= 0.6 is 15.6 Å². The number of carbonyl (C=O) groups excluding carboxylic acids is 4. The van der Waals surface area contributed by atoms with Gasteiger partial charge in [-0.15, -0.1) is 0 Å². The third-order valence-electron chi connectivity index (χ3n) is 19.1. The van der Waals surface area contributed by atoms with Gasteiger partial charge in [-0.2, -0.15) is 0 Å². The lowest BCUT2D eigenvalue weighted by atomic mass is 10.0. The zero-order valence-electron chi connectivity index (χ0n) is 66.5. The zero-order valence-corrected chi connectivity index (χ0v) is 68.3. The van der Waals surface area contributed by atoms with Gasteiger partial charge >= 0.3 is 39.5 Å². The molecule has 3 unspecified atom stereocenters. The van der Waals surface area contributed by atoms with E-state index in [1.54, 1.807) is 0 Å². The minimum Gasteiger partial charge on any atom is -0.462 e. The normalized spacial score (nSPS) is 14.0. The van der Waals surface area contributed by atoms with Gasteiger partial charge in [-0.25, -0.2) is 9.13 Å². The van der Waals surface area contributed by atoms with E-state index in [1.807, 2.05) is 0 Å². The Morgan fingerprint density at radius 2 is 0.416 bits per heavy atom. The van der Waals surface area contributed by atoms with E-state index in [4.69, 9.17) is 37.0 Å². The molecule has 0 aliphatic heterocycles. The summed E-state index contributed by atoms with van der Waals surface area (Å²) in [4.78, 5) is 73.0. The predicted octanol–water partition coefficient (Wildman–Crippen LogP) is 24.4. The van der Waals surface area contributed by atoms with Crippen LogP contribution in [0.4, 0.5) is 0 Å². The second kappa shape index (κ2) is 71.0. The smallest absolute Gasteiger partial charge is 0.462 e. The van der Waals surface area contributed by atoms with Crippen molar-refractivity contribution in [2.24, 2.45) is 23.7 Å². The molecule has 0 aromatic heterocycles. The molecule has 101 heavy (non-hydrogen) atoms. The van der Waals surface area contributed by atoms with Gasteiger partial charge in [-0.3, -0.25) is 37.3 Å². The molecule has 19 heteroatoms. The Bertz CT molecular complexity index is 1970. The van der Waals surface area contributed by atoms with Crippen LogP contribution in [0, 0.1) is 23.7 Å². The van der Waals surface area contributed by atoms with Gasteiger partial charge in [0.2, 0.25) is 0 Å². The highest BCUT2D eigenvalue weighted by atomic mass is 31.2. The van der Waals surface area contributed by atoms with Crippen LogP contribution in [0.3, 0.4) is 0 Å². The van der Waals surface area contributed by atoms with Crippen LogP contribution in [0.25, 0.3) is 0 Å². The van der Waals surface area contributed by atoms with Crippen LogP contribution in [0.5, 0.6) is 0 Å². The Hall–Kier alpha value is -1.94. The highest BCUT2D eigenvalue weighted by Gasteiger charge is 2.30. The second-order valence-corrected chi connectivity index (χ2v) is 34.3. The van der Waals surface area contributed by atoms with Gasteiger partial charge < -0.3 is 33.8 Å². The number of esters is 4. The zero-order chi connectivity index (χ0) is 74.6. The maximum Gasteiger partial charge on any atom is 0.472 e. The summed E-state index contributed by atoms with van der Waals surface area (Å²) in [6.07, 6.45) is 58.6. The molecule has 0 saturated carbocycles. The van der Waals surface area contributed by atoms with E-state index in [1.165, 1.54) is 225 Å². The van der Waals surface area contributed by atoms with Gasteiger partial charge in [0.1, 0.15) is 19.3 Å². The summed E-state index contributed by atoms with van der Waals surface area (Å²) in [5.41, 5.74) is 0. The molecule has 3 N–H and O–H groups in total. The van der Waals surface area contributed by atoms with E-state index in [9.17, 15) is 43.2 Å². The van der Waals surface area contributed by atoms with Crippen LogP contribution < -0.4 is 0 Å². The standard InChI is InChI=1S/C82H160O17P2/c1-72(2)58-50-42-34-27-23-19-15-11-9-10-12-18-22-26-30-40-48-56-64-81(86)98-77(68-92-79(84)62-54-46-38-29-25-21-17-14-13-16-20-24-28-35-43-51-59-73(3)4)70-96-100(88,89)94-66-76(83)67-95-101(90,91)97-71-78(99-82(87)65-57-49-41-33-37-45-53-61-75(7)8)69-93-80(85)63-55-47-39-32-31-36-44-52-60-74(5)6/h72-78,83H,9-71H2,1-8H3,(H,88,89)(H,90,91)/t76?,77-,78-/m1/s1. The largest absolute Gasteiger partial charge is 0.472 e. The Kier molecular flexibility index (Phi) is 69.6. The first-order valence-corrected chi connectivity index (χ1v) is 45.2. The van der Waals surface area contributed by atoms with Crippen molar-refractivity contribution in [1.29, 1.82) is 0 Å². The monoisotopic (exact) mass is 1480 g/mol. The van der Waals surface area contributed by atoms with Gasteiger partial charge in [0.15, 0.2) is 12.2 Å². The van der Waals surface area contributed by atoms with E-state index >= 15 is 0 Å². The maximum absolute atomic E-state index is 13.1. The lowest BCUT2D eigenvalue weighted by molar-refractivity contribution is -0.161. The third-order valence-corrected chi connectivity index (χ3v) is 21.0. The van der Waals surface area contributed by atoms with Crippen LogP contribution in [0.15, 0.2) is 0 Å². The number of aliphatic hydroxyl groups is 1. The lowest BCUT2D eigenvalue weighted by Gasteiger charge is -2.21. The molecule has 17 nitrogen and oxygen atoms in total. The molecule has 5 atom stereocenters. The quantitative estimate of drug-likeness (QED) is 0.0222. The van der Waals surface area contributed by atoms with E-state index in [0.717, 1.165) is 108 Å². The highest BCUT2D eigenvalue weighted by molar-refractivity contribution is 7.47. The fourth-order valence-electron chi connectivity index (χ4n) is 12.6. The molecule has 0 bridgehead atoms. The third kappa shape index (κ3) is 76.1. The number of ether oxygens (including phenoxy) is 4. The molecule has 0 fully saturated rings. The minimum atomic E-state index is -4.96. The summed E-state index contributed by atoms with van der Waals surface area (Å²) < 4.78 is 68.7. The van der Waals surface area contributed by atoms with Crippen LogP contribution in [-0.4, -0.2) is 96.7 Å². The average molecular weight is 1480 g/mol. The summed E-state index contributed by atoms with van der Waals surface area (Å²) in [6, 6.07) is 0. The predicted molar refractivity (Wildman–Crippen MR) is 414 cm³/mol. The second-order valence-electron chi connectivity index (χ2n) is 31.4. The van der Waals surface area contributed by atoms with Crippen molar-refractivity contribution in [3.8, 4) is 0 Å². The van der Waals surface area contributed by atoms with Crippen molar-refractivity contribution in [3.05, 3.63) is 0 Å². The SMILES string of the molecule is CC(C)CCCCCCCCCCCCCCCCCCCCC(=O)O[C@H](COC(=O)CCCCCCCCCCCCCCCCCCC(C)C)COP(=O)(O)OCC(O)COP(=O)(O)OC[C@@H](COC(=O)CCCCCCCCCCC(C)C)OC(=O)CCCCCCCCCC(C)C. The topological polar surface area (TPSA) is 237 Å². The van der Waals surface area contributed by atoms with Gasteiger partial charge in [0.25, 0.3) is 0 Å². The van der Waals surface area contributed by atoms with Crippen LogP contribution in [-0.2, 0) is 65.4 Å². The molecule has 600 valence electrons. The Morgan fingerprint density at radius 3 is 0.614 bits per heavy atom. The van der Waals surface area contributed by atoms with Crippen molar-refractivity contribution in [3.63, 3.8) is 0 Å². The molecule has 0 amide bonds. The molecule has 0 spiro atoms. The molecule has 0 rings (SSSR count). The first-order valence-electron chi connectivity index (χ1n) is 42.2. The van der Waals surface area contributed by atoms with Gasteiger partial charge in [0, 0.05) is 25.7 Å². The minimum absolute atomic E-state index is 0.103. The van der Waals surface area contributed by atoms with Crippen molar-refractivity contribution in [2.45, 2.75) is 440 Å². The summed E-state index contributed by atoms with van der Waals surface area (Å²) in [5, 5.41) is 10.6. The van der Waals surface area contributed by atoms with E-state index in [-0.39, 0.29) is 25.7 Å². The number of rotatable bonds is 79. The molecule has 0 aliphatic carbocycles. The summed E-state index contributed by atoms with van der Waals surface area (Å²) in [6.45, 7) is 14.2. The van der Waals surface area contributed by atoms with Gasteiger partial charge in [-0.05, 0) is 49.4 Å². The molecule has 0 saturated heterocycles. The number of unbranched alkanes of at least 4 members (excludes halogenated alkanes) is 45. The molecule has 0 radical (unpaired) electrons. The van der Waals surface area contributed by atoms with Crippen LogP contribution in [0.1, 0.15) is 421 Å². The van der Waals surface area contributed by atoms with Crippen molar-refractivity contribution >= 4 is 39.5 Å². The van der Waals surface area contributed by atoms with Crippen LogP contribution in [0.2, 0.25) is 0 Å². The number of aliphatic hydroxyl groups excluding tert-OH is 1. The van der Waals surface area contributed by atoms with E-state index < -0.39 is 97.5 Å². The molecule has 0 aromatic rings. The van der Waals surface area contributed by atoms with Crippen molar-refractivity contribution < 1.29 is 80.2 Å². The van der Waals surface area contributed by atoms with E-state index in [2.05, 4.69) is 55.4 Å². The number of hydrogen-bond donors (Lipinski definition) is 3. The Morgan fingerprint density at radius 1 is 0.248 bits per heavy atom. The fourth-order valence-corrected chi connectivity index (χ4v) is 14.2.